The monoisotopic (exact) mass is 344 g/mol. The Balaban J connectivity index is 2.27. The lowest BCUT2D eigenvalue weighted by molar-refractivity contribution is 0.281. The Labute approximate surface area is 145 Å². The van der Waals surface area contributed by atoms with Gasteiger partial charge in [-0.05, 0) is 38.9 Å². The molecule has 0 amide bonds. The van der Waals surface area contributed by atoms with Crippen LogP contribution in [0.2, 0.25) is 0 Å². The van der Waals surface area contributed by atoms with E-state index >= 15 is 0 Å². The predicted octanol–water partition coefficient (Wildman–Crippen LogP) is 2.36. The molecule has 6 nitrogen and oxygen atoms in total. The first-order valence-electron chi connectivity index (χ1n) is 7.51. The van der Waals surface area contributed by atoms with Crippen molar-refractivity contribution in [2.45, 2.75) is 11.6 Å². The summed E-state index contributed by atoms with van der Waals surface area (Å²) in [6, 6.07) is 9.25. The molecule has 0 aliphatic carbocycles. The number of ether oxygens (including phenoxy) is 1. The van der Waals surface area contributed by atoms with Crippen molar-refractivity contribution in [1.29, 1.82) is 5.26 Å². The minimum atomic E-state index is -0.427. The van der Waals surface area contributed by atoms with Crippen LogP contribution < -0.4 is 10.3 Å². The molecule has 1 heterocycles. The third-order valence-corrected chi connectivity index (χ3v) is 3.91. The van der Waals surface area contributed by atoms with Gasteiger partial charge in [0.1, 0.15) is 17.4 Å². The molecule has 0 atom stereocenters. The number of nitrogens with zero attached hydrogens (tertiary/aromatic N) is 3. The van der Waals surface area contributed by atoms with Crippen LogP contribution in [-0.4, -0.2) is 48.4 Å². The van der Waals surface area contributed by atoms with Crippen LogP contribution in [0.4, 0.5) is 0 Å². The summed E-state index contributed by atoms with van der Waals surface area (Å²) >= 11 is 1.32. The Morgan fingerprint density at radius 3 is 2.88 bits per heavy atom. The van der Waals surface area contributed by atoms with Gasteiger partial charge in [-0.15, -0.1) is 0 Å². The maximum Gasteiger partial charge on any atom is 0.270 e. The zero-order valence-corrected chi connectivity index (χ0v) is 14.8. The third kappa shape index (κ3) is 4.60. The first kappa shape index (κ1) is 18.0. The number of aromatic nitrogens is 2. The fourth-order valence-electron chi connectivity index (χ4n) is 2.17. The van der Waals surface area contributed by atoms with Crippen molar-refractivity contribution < 1.29 is 4.74 Å². The molecule has 0 spiro atoms. The zero-order chi connectivity index (χ0) is 17.5. The smallest absolute Gasteiger partial charge is 0.270 e. The molecule has 1 aromatic heterocycles. The molecular formula is C17H20N4O2S. The highest BCUT2D eigenvalue weighted by Gasteiger charge is 2.13. The summed E-state index contributed by atoms with van der Waals surface area (Å²) in [6.45, 7) is 1.55. The number of aromatic amines is 1. The van der Waals surface area contributed by atoms with E-state index in [9.17, 15) is 10.1 Å². The minimum absolute atomic E-state index is 0.0116. The summed E-state index contributed by atoms with van der Waals surface area (Å²) in [4.78, 5) is 21.1. The van der Waals surface area contributed by atoms with E-state index < -0.39 is 5.56 Å². The highest BCUT2D eigenvalue weighted by atomic mass is 32.2. The Morgan fingerprint density at radius 2 is 2.21 bits per heavy atom. The largest absolute Gasteiger partial charge is 0.494 e. The Morgan fingerprint density at radius 1 is 1.42 bits per heavy atom. The van der Waals surface area contributed by atoms with Gasteiger partial charge in [0.15, 0.2) is 5.16 Å². The van der Waals surface area contributed by atoms with Gasteiger partial charge < -0.3 is 14.6 Å². The highest BCUT2D eigenvalue weighted by Crippen LogP contribution is 2.25. The fraction of sp³-hybridized carbons (Fsp3) is 0.353. The Hall–Kier alpha value is -2.30. The summed E-state index contributed by atoms with van der Waals surface area (Å²) < 4.78 is 5.75. The van der Waals surface area contributed by atoms with E-state index in [0.717, 1.165) is 13.0 Å². The molecule has 1 aromatic carbocycles. The van der Waals surface area contributed by atoms with Gasteiger partial charge in [-0.2, -0.15) is 5.26 Å². The molecule has 24 heavy (non-hydrogen) atoms. The number of rotatable bonds is 7. The van der Waals surface area contributed by atoms with Crippen molar-refractivity contribution in [3.63, 3.8) is 0 Å². The number of nitrogens with one attached hydrogen (secondary N) is 1. The Kier molecular flexibility index (Phi) is 6.41. The molecule has 7 heteroatoms. The van der Waals surface area contributed by atoms with Gasteiger partial charge in [-0.1, -0.05) is 23.9 Å². The van der Waals surface area contributed by atoms with E-state index in [0.29, 0.717) is 28.8 Å². The van der Waals surface area contributed by atoms with Gasteiger partial charge in [-0.3, -0.25) is 4.79 Å². The van der Waals surface area contributed by atoms with Gasteiger partial charge in [0.05, 0.1) is 12.3 Å². The van der Waals surface area contributed by atoms with Crippen LogP contribution in [0, 0.1) is 11.3 Å². The van der Waals surface area contributed by atoms with Crippen molar-refractivity contribution in [2.24, 2.45) is 0 Å². The van der Waals surface area contributed by atoms with Crippen molar-refractivity contribution in [2.75, 3.05) is 33.5 Å². The fourth-order valence-corrected chi connectivity index (χ4v) is 2.54. The lowest BCUT2D eigenvalue weighted by Gasteiger charge is -2.11. The molecule has 1 N–H and O–H groups in total. The molecule has 0 saturated carbocycles. The summed E-state index contributed by atoms with van der Waals surface area (Å²) in [6.07, 6.45) is 2.74. The second-order valence-corrected chi connectivity index (χ2v) is 6.24. The molecule has 2 rings (SSSR count). The van der Waals surface area contributed by atoms with E-state index in [-0.39, 0.29) is 5.56 Å². The van der Waals surface area contributed by atoms with E-state index in [1.54, 1.807) is 0 Å². The summed E-state index contributed by atoms with van der Waals surface area (Å²) in [5.74, 6) is 0.697. The van der Waals surface area contributed by atoms with Crippen molar-refractivity contribution in [3.8, 4) is 23.1 Å². The molecule has 0 fully saturated rings. The van der Waals surface area contributed by atoms with Crippen LogP contribution in [0.3, 0.4) is 0 Å². The average Bonchev–Trinajstić information content (AvgIpc) is 2.58. The van der Waals surface area contributed by atoms with Crippen LogP contribution in [0.15, 0.2) is 34.2 Å². The van der Waals surface area contributed by atoms with Gasteiger partial charge in [0.25, 0.3) is 5.56 Å². The average molecular weight is 344 g/mol. The lowest BCUT2D eigenvalue weighted by atomic mass is 10.1. The molecule has 0 aliphatic rings. The van der Waals surface area contributed by atoms with Gasteiger partial charge >= 0.3 is 0 Å². The van der Waals surface area contributed by atoms with Crippen LogP contribution in [0.5, 0.6) is 5.75 Å². The second kappa shape index (κ2) is 8.52. The second-order valence-electron chi connectivity index (χ2n) is 5.44. The van der Waals surface area contributed by atoms with Gasteiger partial charge in [-0.25, -0.2) is 4.98 Å². The normalized spacial score (nSPS) is 10.6. The molecule has 0 aliphatic heterocycles. The first-order chi connectivity index (χ1) is 11.5. The van der Waals surface area contributed by atoms with E-state index in [1.807, 2.05) is 50.7 Å². The summed E-state index contributed by atoms with van der Waals surface area (Å²) in [5, 5.41) is 9.74. The first-order valence-corrected chi connectivity index (χ1v) is 8.74. The molecule has 126 valence electrons. The SMILES string of the molecule is CSc1nc(-c2cccc(OCCCN(C)C)c2)c(C#N)c(=O)[nH]1. The topological polar surface area (TPSA) is 82.0 Å². The Bertz CT molecular complexity index is 796. The van der Waals surface area contributed by atoms with Crippen LogP contribution >= 0.6 is 11.8 Å². The number of hydrogen-bond acceptors (Lipinski definition) is 6. The quantitative estimate of drug-likeness (QED) is 0.472. The summed E-state index contributed by atoms with van der Waals surface area (Å²) in [5.41, 5.74) is 0.657. The molecule has 0 saturated heterocycles. The number of benzene rings is 1. The zero-order valence-electron chi connectivity index (χ0n) is 14.0. The molecule has 0 bridgehead atoms. The van der Waals surface area contributed by atoms with Crippen molar-refractivity contribution >= 4 is 11.8 Å². The van der Waals surface area contributed by atoms with E-state index in [4.69, 9.17) is 4.74 Å². The van der Waals surface area contributed by atoms with Crippen molar-refractivity contribution in [1.82, 2.24) is 14.9 Å². The van der Waals surface area contributed by atoms with Crippen LogP contribution in [0.25, 0.3) is 11.3 Å². The van der Waals surface area contributed by atoms with E-state index in [1.165, 1.54) is 11.8 Å². The molecule has 0 unspecified atom stereocenters. The number of thioether (sulfide) groups is 1. The van der Waals surface area contributed by atoms with Crippen LogP contribution in [0.1, 0.15) is 12.0 Å². The summed E-state index contributed by atoms with van der Waals surface area (Å²) in [7, 11) is 4.04. The molecular weight excluding hydrogens is 324 g/mol. The number of H-pyrrole nitrogens is 1. The lowest BCUT2D eigenvalue weighted by Crippen LogP contribution is -2.15. The van der Waals surface area contributed by atoms with Crippen LogP contribution in [-0.2, 0) is 0 Å². The third-order valence-electron chi connectivity index (χ3n) is 3.33. The minimum Gasteiger partial charge on any atom is -0.494 e. The number of nitriles is 1. The maximum atomic E-state index is 12.0. The highest BCUT2D eigenvalue weighted by molar-refractivity contribution is 7.98. The predicted molar refractivity (Wildman–Crippen MR) is 95.5 cm³/mol. The number of hydrogen-bond donors (Lipinski definition) is 1. The van der Waals surface area contributed by atoms with Crippen molar-refractivity contribution in [3.05, 3.63) is 40.2 Å². The van der Waals surface area contributed by atoms with E-state index in [2.05, 4.69) is 14.9 Å². The standard InChI is InChI=1S/C17H20N4O2S/c1-21(2)8-5-9-23-13-7-4-6-12(10-13)15-14(11-18)16(22)20-17(19-15)24-3/h4,6-7,10H,5,8-9H2,1-3H3,(H,19,20,22). The molecule has 0 radical (unpaired) electrons. The maximum absolute atomic E-state index is 12.0. The van der Waals surface area contributed by atoms with Gasteiger partial charge in [0.2, 0.25) is 0 Å². The van der Waals surface area contributed by atoms with Gasteiger partial charge in [0, 0.05) is 12.1 Å². The molecule has 2 aromatic rings.